The van der Waals surface area contributed by atoms with Crippen LogP contribution in [0.15, 0.2) is 72.8 Å². The minimum absolute atomic E-state index is 0.108. The molecule has 4 nitrogen and oxygen atoms in total. The Labute approximate surface area is 184 Å². The van der Waals surface area contributed by atoms with Gasteiger partial charge >= 0.3 is 5.97 Å². The Morgan fingerprint density at radius 1 is 0.871 bits per heavy atom. The van der Waals surface area contributed by atoms with Crippen LogP contribution in [0.25, 0.3) is 0 Å². The van der Waals surface area contributed by atoms with Crippen molar-refractivity contribution in [1.82, 2.24) is 0 Å². The van der Waals surface area contributed by atoms with Crippen LogP contribution in [-0.4, -0.2) is 16.2 Å². The summed E-state index contributed by atoms with van der Waals surface area (Å²) in [6, 6.07) is 21.2. The molecule has 0 aromatic heterocycles. The van der Waals surface area contributed by atoms with Crippen LogP contribution in [0.4, 0.5) is 0 Å². The molecule has 1 atom stereocenters. The Balaban J connectivity index is 1.95. The monoisotopic (exact) mass is 418 g/mol. The average Bonchev–Trinajstić information content (AvgIpc) is 2.78. The van der Waals surface area contributed by atoms with Gasteiger partial charge in [0.25, 0.3) is 0 Å². The SMILES string of the molecule is CCCCCCC(C)(c1ccc(O)cc1)c1ccc(O)c(C(=O)Oc2ccccc2)c1. The van der Waals surface area contributed by atoms with Crippen LogP contribution in [-0.2, 0) is 5.41 Å². The largest absolute Gasteiger partial charge is 0.508 e. The van der Waals surface area contributed by atoms with Crippen LogP contribution >= 0.6 is 0 Å². The van der Waals surface area contributed by atoms with Crippen molar-refractivity contribution in [2.24, 2.45) is 0 Å². The van der Waals surface area contributed by atoms with E-state index in [1.165, 1.54) is 6.42 Å². The number of esters is 1. The minimum atomic E-state index is -0.593. The highest BCUT2D eigenvalue weighted by Gasteiger charge is 2.30. The summed E-state index contributed by atoms with van der Waals surface area (Å²) < 4.78 is 5.45. The van der Waals surface area contributed by atoms with E-state index in [0.717, 1.165) is 36.8 Å². The summed E-state index contributed by atoms with van der Waals surface area (Å²) >= 11 is 0. The average molecular weight is 419 g/mol. The third-order valence-electron chi connectivity index (χ3n) is 5.84. The van der Waals surface area contributed by atoms with E-state index in [2.05, 4.69) is 13.8 Å². The lowest BCUT2D eigenvalue weighted by atomic mass is 9.72. The molecule has 3 rings (SSSR count). The van der Waals surface area contributed by atoms with E-state index >= 15 is 0 Å². The third-order valence-corrected chi connectivity index (χ3v) is 5.84. The van der Waals surface area contributed by atoms with E-state index in [-0.39, 0.29) is 22.5 Å². The smallest absolute Gasteiger partial charge is 0.347 e. The molecule has 0 aliphatic rings. The molecule has 4 heteroatoms. The quantitative estimate of drug-likeness (QED) is 0.234. The molecule has 162 valence electrons. The van der Waals surface area contributed by atoms with Gasteiger partial charge in [-0.1, -0.05) is 75.9 Å². The molecule has 0 aliphatic carbocycles. The first-order chi connectivity index (χ1) is 14.9. The van der Waals surface area contributed by atoms with E-state index in [1.54, 1.807) is 48.5 Å². The molecule has 0 saturated carbocycles. The number of carbonyl (C=O) groups is 1. The lowest BCUT2D eigenvalue weighted by Gasteiger charge is -2.32. The number of hydrogen-bond donors (Lipinski definition) is 2. The zero-order chi connectivity index (χ0) is 22.3. The maximum Gasteiger partial charge on any atom is 0.347 e. The van der Waals surface area contributed by atoms with Gasteiger partial charge in [0.05, 0.1) is 0 Å². The highest BCUT2D eigenvalue weighted by Crippen LogP contribution is 2.39. The molecule has 0 radical (unpaired) electrons. The summed E-state index contributed by atoms with van der Waals surface area (Å²) in [7, 11) is 0. The van der Waals surface area contributed by atoms with Crippen molar-refractivity contribution in [3.8, 4) is 17.2 Å². The molecule has 0 saturated heterocycles. The maximum absolute atomic E-state index is 12.8. The Kier molecular flexibility index (Phi) is 7.35. The molecular weight excluding hydrogens is 388 g/mol. The van der Waals surface area contributed by atoms with Crippen LogP contribution in [0.3, 0.4) is 0 Å². The molecule has 3 aromatic rings. The number of aromatic hydroxyl groups is 2. The molecule has 0 fully saturated rings. The topological polar surface area (TPSA) is 66.8 Å². The number of carbonyl (C=O) groups excluding carboxylic acids is 1. The fraction of sp³-hybridized carbons (Fsp3) is 0.296. The van der Waals surface area contributed by atoms with Gasteiger partial charge in [-0.15, -0.1) is 0 Å². The predicted molar refractivity (Wildman–Crippen MR) is 123 cm³/mol. The van der Waals surface area contributed by atoms with Crippen LogP contribution in [0.1, 0.15) is 67.4 Å². The standard InChI is InChI=1S/C27H30O4/c1-3-4-5-9-18-27(2,20-12-15-22(28)16-13-20)21-14-17-25(29)24(19-21)26(30)31-23-10-7-6-8-11-23/h6-8,10-17,19,28-29H,3-5,9,18H2,1-2H3. The van der Waals surface area contributed by atoms with E-state index in [9.17, 15) is 15.0 Å². The van der Waals surface area contributed by atoms with Gasteiger partial charge in [0.2, 0.25) is 0 Å². The molecule has 3 aromatic carbocycles. The first-order valence-electron chi connectivity index (χ1n) is 10.8. The fourth-order valence-corrected chi connectivity index (χ4v) is 3.88. The Morgan fingerprint density at radius 2 is 1.55 bits per heavy atom. The van der Waals surface area contributed by atoms with Crippen molar-refractivity contribution in [1.29, 1.82) is 0 Å². The van der Waals surface area contributed by atoms with Gasteiger partial charge in [-0.2, -0.15) is 0 Å². The lowest BCUT2D eigenvalue weighted by Crippen LogP contribution is -2.24. The van der Waals surface area contributed by atoms with Crippen molar-refractivity contribution < 1.29 is 19.7 Å². The van der Waals surface area contributed by atoms with Crippen molar-refractivity contribution in [2.45, 2.75) is 51.4 Å². The fourth-order valence-electron chi connectivity index (χ4n) is 3.88. The number of phenolic OH excluding ortho intramolecular Hbond substituents is 2. The molecule has 0 spiro atoms. The van der Waals surface area contributed by atoms with Gasteiger partial charge in [-0.3, -0.25) is 0 Å². The Bertz CT molecular complexity index is 996. The normalized spacial score (nSPS) is 12.8. The second-order valence-corrected chi connectivity index (χ2v) is 8.12. The van der Waals surface area contributed by atoms with Gasteiger partial charge in [-0.25, -0.2) is 4.79 Å². The highest BCUT2D eigenvalue weighted by atomic mass is 16.5. The van der Waals surface area contributed by atoms with Crippen molar-refractivity contribution in [3.05, 3.63) is 89.5 Å². The molecule has 0 bridgehead atoms. The van der Waals surface area contributed by atoms with E-state index in [4.69, 9.17) is 4.74 Å². The lowest BCUT2D eigenvalue weighted by molar-refractivity contribution is 0.0731. The van der Waals surface area contributed by atoms with Crippen LogP contribution in [0, 0.1) is 0 Å². The number of phenols is 2. The molecule has 0 heterocycles. The first kappa shape index (κ1) is 22.4. The van der Waals surface area contributed by atoms with E-state index < -0.39 is 5.97 Å². The maximum atomic E-state index is 12.8. The number of ether oxygens (including phenoxy) is 1. The summed E-state index contributed by atoms with van der Waals surface area (Å²) in [6.07, 6.45) is 5.39. The summed E-state index contributed by atoms with van der Waals surface area (Å²) in [4.78, 5) is 12.8. The summed E-state index contributed by atoms with van der Waals surface area (Å²) in [5.74, 6) is -0.0543. The zero-order valence-corrected chi connectivity index (χ0v) is 18.2. The van der Waals surface area contributed by atoms with E-state index in [0.29, 0.717) is 5.75 Å². The third kappa shape index (κ3) is 5.46. The highest BCUT2D eigenvalue weighted by molar-refractivity contribution is 5.94. The molecule has 31 heavy (non-hydrogen) atoms. The molecule has 0 aliphatic heterocycles. The summed E-state index contributed by atoms with van der Waals surface area (Å²) in [6.45, 7) is 4.33. The Morgan fingerprint density at radius 3 is 2.23 bits per heavy atom. The van der Waals surface area contributed by atoms with Crippen molar-refractivity contribution >= 4 is 5.97 Å². The molecule has 1 unspecified atom stereocenters. The first-order valence-corrected chi connectivity index (χ1v) is 10.8. The van der Waals surface area contributed by atoms with Crippen molar-refractivity contribution in [3.63, 3.8) is 0 Å². The minimum Gasteiger partial charge on any atom is -0.508 e. The van der Waals surface area contributed by atoms with Gasteiger partial charge in [0, 0.05) is 5.41 Å². The summed E-state index contributed by atoms with van der Waals surface area (Å²) in [5.41, 5.74) is 1.74. The molecular formula is C27H30O4. The van der Waals surface area contributed by atoms with Crippen LogP contribution in [0.2, 0.25) is 0 Å². The number of rotatable bonds is 9. The number of unbranched alkanes of at least 4 members (excludes halogenated alkanes) is 3. The van der Waals surface area contributed by atoms with Gasteiger partial charge in [0.15, 0.2) is 0 Å². The van der Waals surface area contributed by atoms with Gasteiger partial charge in [-0.05, 0) is 53.9 Å². The second-order valence-electron chi connectivity index (χ2n) is 8.12. The zero-order valence-electron chi connectivity index (χ0n) is 18.2. The molecule has 2 N–H and O–H groups in total. The van der Waals surface area contributed by atoms with E-state index in [1.807, 2.05) is 24.3 Å². The number of benzene rings is 3. The van der Waals surface area contributed by atoms with Crippen LogP contribution < -0.4 is 4.74 Å². The second kappa shape index (κ2) is 10.2. The summed E-state index contributed by atoms with van der Waals surface area (Å²) in [5, 5.41) is 20.1. The Hall–Kier alpha value is -3.27. The van der Waals surface area contributed by atoms with Gasteiger partial charge < -0.3 is 14.9 Å². The van der Waals surface area contributed by atoms with Crippen molar-refractivity contribution in [2.75, 3.05) is 0 Å². The molecule has 0 amide bonds. The van der Waals surface area contributed by atoms with Crippen LogP contribution in [0.5, 0.6) is 17.2 Å². The number of hydrogen-bond acceptors (Lipinski definition) is 4. The predicted octanol–water partition coefficient (Wildman–Crippen LogP) is 6.59. The number of para-hydroxylation sites is 1. The van der Waals surface area contributed by atoms with Gasteiger partial charge in [0.1, 0.15) is 22.8 Å².